The van der Waals surface area contributed by atoms with Crippen LogP contribution >= 0.6 is 0 Å². The summed E-state index contributed by atoms with van der Waals surface area (Å²) in [5.41, 5.74) is -0.389. The Kier molecular flexibility index (Phi) is 6.65. The number of rotatable bonds is 6. The van der Waals surface area contributed by atoms with Crippen LogP contribution in [0.2, 0.25) is 0 Å². The zero-order chi connectivity index (χ0) is 12.8. The molecule has 0 aromatic carbocycles. The van der Waals surface area contributed by atoms with Crippen molar-refractivity contribution in [2.45, 2.75) is 66.0 Å². The molecule has 16 heavy (non-hydrogen) atoms. The molecule has 0 aliphatic rings. The largest absolute Gasteiger partial charge is 0.460 e. The molecule has 0 saturated heterocycles. The van der Waals surface area contributed by atoms with Crippen molar-refractivity contribution >= 4 is 5.97 Å². The van der Waals surface area contributed by atoms with Crippen LogP contribution in [0.1, 0.15) is 54.4 Å². The molecule has 0 aliphatic carbocycles. The number of carbonyl (C=O) groups excluding carboxylic acids is 1. The zero-order valence-corrected chi connectivity index (χ0v) is 11.6. The average molecular weight is 229 g/mol. The van der Waals surface area contributed by atoms with E-state index >= 15 is 0 Å². The summed E-state index contributed by atoms with van der Waals surface area (Å²) in [5.74, 6) is -0.206. The van der Waals surface area contributed by atoms with Crippen LogP contribution in [0.5, 0.6) is 0 Å². The first-order valence-corrected chi connectivity index (χ1v) is 6.22. The Hall–Kier alpha value is -0.570. The van der Waals surface area contributed by atoms with Gasteiger partial charge in [0.25, 0.3) is 0 Å². The van der Waals surface area contributed by atoms with E-state index in [1.54, 1.807) is 0 Å². The smallest absolute Gasteiger partial charge is 0.310 e. The summed E-state index contributed by atoms with van der Waals surface area (Å²) in [5, 5.41) is 3.35. The quantitative estimate of drug-likeness (QED) is 0.712. The predicted octanol–water partition coefficient (Wildman–Crippen LogP) is 2.74. The minimum Gasteiger partial charge on any atom is -0.460 e. The number of hydrogen-bond donors (Lipinski definition) is 1. The fourth-order valence-electron chi connectivity index (χ4n) is 1.40. The van der Waals surface area contributed by atoms with Crippen molar-refractivity contribution in [1.29, 1.82) is 0 Å². The minimum atomic E-state index is -0.389. The molecule has 0 aromatic rings. The molecule has 0 unspecified atom stereocenters. The van der Waals surface area contributed by atoms with Gasteiger partial charge in [-0.3, -0.25) is 4.79 Å². The Labute approximate surface area is 99.9 Å². The zero-order valence-electron chi connectivity index (χ0n) is 11.6. The summed E-state index contributed by atoms with van der Waals surface area (Å²) in [6.07, 6.45) is 2.30. The number of nitrogens with one attached hydrogen (secondary N) is 1. The van der Waals surface area contributed by atoms with E-state index < -0.39 is 0 Å². The maximum absolute atomic E-state index is 11.7. The van der Waals surface area contributed by atoms with Crippen molar-refractivity contribution < 1.29 is 9.53 Å². The summed E-state index contributed by atoms with van der Waals surface area (Å²) in [4.78, 5) is 11.7. The first-order valence-electron chi connectivity index (χ1n) is 6.22. The number of esters is 1. The molecule has 0 aliphatic heterocycles. The Morgan fingerprint density at radius 1 is 1.31 bits per heavy atom. The molecule has 0 saturated carbocycles. The highest BCUT2D eigenvalue weighted by Gasteiger charge is 2.21. The van der Waals surface area contributed by atoms with Gasteiger partial charge in [0.15, 0.2) is 0 Å². The summed E-state index contributed by atoms with van der Waals surface area (Å²) in [7, 11) is 0. The minimum absolute atomic E-state index is 0.0847. The van der Waals surface area contributed by atoms with E-state index in [9.17, 15) is 4.79 Å². The molecule has 0 rings (SSSR count). The Morgan fingerprint density at radius 3 is 2.31 bits per heavy atom. The van der Waals surface area contributed by atoms with Gasteiger partial charge < -0.3 is 10.1 Å². The van der Waals surface area contributed by atoms with Gasteiger partial charge in [0, 0.05) is 12.6 Å². The van der Waals surface area contributed by atoms with Crippen LogP contribution in [0.3, 0.4) is 0 Å². The summed E-state index contributed by atoms with van der Waals surface area (Å²) < 4.78 is 5.31. The lowest BCUT2D eigenvalue weighted by Gasteiger charge is -2.23. The second kappa shape index (κ2) is 6.89. The monoisotopic (exact) mass is 229 g/mol. The van der Waals surface area contributed by atoms with Crippen LogP contribution in [-0.2, 0) is 9.53 Å². The highest BCUT2D eigenvalue weighted by Crippen LogP contribution is 2.10. The third-order valence-electron chi connectivity index (χ3n) is 2.30. The summed E-state index contributed by atoms with van der Waals surface area (Å²) >= 11 is 0. The molecule has 1 N–H and O–H groups in total. The van der Waals surface area contributed by atoms with Crippen LogP contribution < -0.4 is 5.32 Å². The Bertz CT molecular complexity index is 208. The summed E-state index contributed by atoms with van der Waals surface area (Å²) in [6, 6.07) is 0.467. The predicted molar refractivity (Wildman–Crippen MR) is 67.4 cm³/mol. The SMILES string of the molecule is CCC[C@@H](C)NC[C@@H](C)C(=O)OC(C)(C)C. The molecule has 0 fully saturated rings. The van der Waals surface area contributed by atoms with Crippen molar-refractivity contribution in [3.8, 4) is 0 Å². The van der Waals surface area contributed by atoms with E-state index in [1.165, 1.54) is 0 Å². The molecule has 3 heteroatoms. The lowest BCUT2D eigenvalue weighted by molar-refractivity contribution is -0.159. The highest BCUT2D eigenvalue weighted by molar-refractivity contribution is 5.72. The molecular formula is C13H27NO2. The normalized spacial score (nSPS) is 15.6. The van der Waals surface area contributed by atoms with E-state index in [1.807, 2.05) is 27.7 Å². The maximum atomic E-state index is 11.7. The van der Waals surface area contributed by atoms with E-state index in [0.717, 1.165) is 12.8 Å². The Morgan fingerprint density at radius 2 is 1.88 bits per heavy atom. The first-order chi connectivity index (χ1) is 7.26. The highest BCUT2D eigenvalue weighted by atomic mass is 16.6. The lowest BCUT2D eigenvalue weighted by Crippen LogP contribution is -2.36. The topological polar surface area (TPSA) is 38.3 Å². The van der Waals surface area contributed by atoms with Gasteiger partial charge in [-0.15, -0.1) is 0 Å². The van der Waals surface area contributed by atoms with Crippen LogP contribution in [0.25, 0.3) is 0 Å². The molecule has 2 atom stereocenters. The second-order valence-corrected chi connectivity index (χ2v) is 5.53. The van der Waals surface area contributed by atoms with Gasteiger partial charge in [-0.2, -0.15) is 0 Å². The number of hydrogen-bond acceptors (Lipinski definition) is 3. The van der Waals surface area contributed by atoms with Crippen LogP contribution in [0.15, 0.2) is 0 Å². The van der Waals surface area contributed by atoms with E-state index in [4.69, 9.17) is 4.74 Å². The molecule has 0 spiro atoms. The van der Waals surface area contributed by atoms with Crippen LogP contribution in [-0.4, -0.2) is 24.2 Å². The van der Waals surface area contributed by atoms with Crippen molar-refractivity contribution in [2.24, 2.45) is 5.92 Å². The molecule has 0 aromatic heterocycles. The van der Waals surface area contributed by atoms with Crippen molar-refractivity contribution in [3.05, 3.63) is 0 Å². The van der Waals surface area contributed by atoms with Crippen molar-refractivity contribution in [2.75, 3.05) is 6.54 Å². The molecule has 0 radical (unpaired) electrons. The maximum Gasteiger partial charge on any atom is 0.310 e. The molecule has 0 heterocycles. The third-order valence-corrected chi connectivity index (χ3v) is 2.30. The summed E-state index contributed by atoms with van der Waals surface area (Å²) in [6.45, 7) is 12.6. The fourth-order valence-corrected chi connectivity index (χ4v) is 1.40. The van der Waals surface area contributed by atoms with Gasteiger partial charge >= 0.3 is 5.97 Å². The standard InChI is InChI=1S/C13H27NO2/c1-7-8-11(3)14-9-10(2)12(15)16-13(4,5)6/h10-11,14H,7-9H2,1-6H3/t10-,11-/m1/s1. The van der Waals surface area contributed by atoms with E-state index in [0.29, 0.717) is 12.6 Å². The number of carbonyl (C=O) groups is 1. The molecule has 0 amide bonds. The molecule has 96 valence electrons. The van der Waals surface area contributed by atoms with E-state index in [2.05, 4.69) is 19.2 Å². The molecular weight excluding hydrogens is 202 g/mol. The number of ether oxygens (including phenoxy) is 1. The van der Waals surface area contributed by atoms with Crippen LogP contribution in [0, 0.1) is 5.92 Å². The third kappa shape index (κ3) is 7.69. The first kappa shape index (κ1) is 15.4. The van der Waals surface area contributed by atoms with Crippen molar-refractivity contribution in [3.63, 3.8) is 0 Å². The van der Waals surface area contributed by atoms with Gasteiger partial charge in [0.2, 0.25) is 0 Å². The van der Waals surface area contributed by atoms with Gasteiger partial charge in [-0.05, 0) is 34.1 Å². The van der Waals surface area contributed by atoms with Crippen molar-refractivity contribution in [1.82, 2.24) is 5.32 Å². The van der Waals surface area contributed by atoms with Crippen LogP contribution in [0.4, 0.5) is 0 Å². The van der Waals surface area contributed by atoms with Gasteiger partial charge in [-0.25, -0.2) is 0 Å². The average Bonchev–Trinajstić information content (AvgIpc) is 2.11. The second-order valence-electron chi connectivity index (χ2n) is 5.53. The molecule has 0 bridgehead atoms. The van der Waals surface area contributed by atoms with Gasteiger partial charge in [0.05, 0.1) is 5.92 Å². The van der Waals surface area contributed by atoms with Gasteiger partial charge in [-0.1, -0.05) is 20.3 Å². The molecule has 3 nitrogen and oxygen atoms in total. The van der Waals surface area contributed by atoms with E-state index in [-0.39, 0.29) is 17.5 Å². The fraction of sp³-hybridized carbons (Fsp3) is 0.923. The van der Waals surface area contributed by atoms with Gasteiger partial charge in [0.1, 0.15) is 5.60 Å². The lowest BCUT2D eigenvalue weighted by atomic mass is 10.1. The Balaban J connectivity index is 3.88.